The van der Waals surface area contributed by atoms with Crippen LogP contribution in [0, 0.1) is 17.8 Å². The van der Waals surface area contributed by atoms with E-state index in [9.17, 15) is 13.2 Å². The van der Waals surface area contributed by atoms with Crippen molar-refractivity contribution in [3.05, 3.63) is 29.8 Å². The lowest BCUT2D eigenvalue weighted by atomic mass is 9.74. The molecule has 0 atom stereocenters. The zero-order chi connectivity index (χ0) is 20.0. The fraction of sp³-hybridized carbons (Fsp3) is 0.750. The average molecular weight is 397 g/mol. The van der Waals surface area contributed by atoms with Crippen LogP contribution in [-0.4, -0.2) is 6.36 Å². The topological polar surface area (TPSA) is 9.23 Å². The van der Waals surface area contributed by atoms with Crippen molar-refractivity contribution in [2.75, 3.05) is 0 Å². The van der Waals surface area contributed by atoms with Crippen LogP contribution in [0.5, 0.6) is 5.75 Å². The van der Waals surface area contributed by atoms with E-state index in [4.69, 9.17) is 0 Å². The van der Waals surface area contributed by atoms with Crippen molar-refractivity contribution < 1.29 is 17.9 Å². The molecule has 1 aromatic rings. The molecule has 0 unspecified atom stereocenters. The molecule has 0 aliphatic heterocycles. The number of hydrogen-bond donors (Lipinski definition) is 0. The molecule has 0 radical (unpaired) electrons. The fourth-order valence-corrected chi connectivity index (χ4v) is 5.41. The number of ether oxygens (including phenoxy) is 1. The van der Waals surface area contributed by atoms with Crippen molar-refractivity contribution >= 4 is 0 Å². The lowest BCUT2D eigenvalue weighted by molar-refractivity contribution is -0.274. The molecule has 0 aromatic heterocycles. The van der Waals surface area contributed by atoms with Crippen LogP contribution in [-0.2, 0) is 0 Å². The second-order valence-electron chi connectivity index (χ2n) is 9.09. The minimum atomic E-state index is -4.62. The Balaban J connectivity index is 1.36. The van der Waals surface area contributed by atoms with Gasteiger partial charge in [0.15, 0.2) is 0 Å². The van der Waals surface area contributed by atoms with E-state index in [0.717, 1.165) is 36.2 Å². The first-order chi connectivity index (χ1) is 13.4. The van der Waals surface area contributed by atoms with Crippen LogP contribution in [0.25, 0.3) is 0 Å². The van der Waals surface area contributed by atoms with Gasteiger partial charge in [0.05, 0.1) is 0 Å². The highest BCUT2D eigenvalue weighted by atomic mass is 19.4. The van der Waals surface area contributed by atoms with Gasteiger partial charge in [-0.1, -0.05) is 70.4 Å². The summed E-state index contributed by atoms with van der Waals surface area (Å²) in [5.74, 6) is 3.15. The van der Waals surface area contributed by atoms with Crippen LogP contribution in [0.2, 0.25) is 0 Å². The molecule has 3 rings (SSSR count). The van der Waals surface area contributed by atoms with E-state index in [-0.39, 0.29) is 5.75 Å². The number of rotatable bonds is 7. The summed E-state index contributed by atoms with van der Waals surface area (Å²) in [6.07, 6.45) is 11.5. The third kappa shape index (κ3) is 6.70. The van der Waals surface area contributed by atoms with Gasteiger partial charge >= 0.3 is 6.36 Å². The Morgan fingerprint density at radius 1 is 0.750 bits per heavy atom. The van der Waals surface area contributed by atoms with Gasteiger partial charge in [0.25, 0.3) is 0 Å². The largest absolute Gasteiger partial charge is 0.573 e. The molecule has 2 aliphatic rings. The molecular weight excluding hydrogens is 361 g/mol. The molecule has 0 saturated heterocycles. The van der Waals surface area contributed by atoms with Crippen LogP contribution in [0.3, 0.4) is 0 Å². The number of hydrogen-bond acceptors (Lipinski definition) is 1. The highest BCUT2D eigenvalue weighted by Crippen LogP contribution is 2.40. The Labute approximate surface area is 168 Å². The monoisotopic (exact) mass is 396 g/mol. The van der Waals surface area contributed by atoms with Gasteiger partial charge in [-0.25, -0.2) is 0 Å². The molecule has 0 amide bonds. The molecule has 0 N–H and O–H groups in total. The first kappa shape index (κ1) is 21.5. The van der Waals surface area contributed by atoms with Crippen molar-refractivity contribution in [1.82, 2.24) is 0 Å². The molecule has 28 heavy (non-hydrogen) atoms. The molecule has 2 aliphatic carbocycles. The molecule has 1 nitrogen and oxygen atoms in total. The Morgan fingerprint density at radius 2 is 1.21 bits per heavy atom. The van der Waals surface area contributed by atoms with E-state index in [1.54, 1.807) is 12.1 Å². The molecule has 0 bridgehead atoms. The van der Waals surface area contributed by atoms with Crippen molar-refractivity contribution in [1.29, 1.82) is 0 Å². The normalized spacial score (nSPS) is 28.9. The Hall–Kier alpha value is -1.19. The van der Waals surface area contributed by atoms with Crippen molar-refractivity contribution in [2.24, 2.45) is 17.8 Å². The molecule has 0 spiro atoms. The SMILES string of the molecule is CCC[C@H]1CC[C@H](CC[C@H]2CC[C@H](c3ccc(OC(F)(F)F)cc3)CC2)CC1. The van der Waals surface area contributed by atoms with Gasteiger partial charge in [0, 0.05) is 0 Å². The van der Waals surface area contributed by atoms with Crippen LogP contribution < -0.4 is 4.74 Å². The molecule has 158 valence electrons. The van der Waals surface area contributed by atoms with Crippen LogP contribution in [0.15, 0.2) is 24.3 Å². The third-order valence-electron chi connectivity index (χ3n) is 7.08. The Bertz CT molecular complexity index is 565. The van der Waals surface area contributed by atoms with E-state index < -0.39 is 6.36 Å². The van der Waals surface area contributed by atoms with Gasteiger partial charge in [-0.05, 0) is 67.1 Å². The van der Waals surface area contributed by atoms with Crippen molar-refractivity contribution in [3.63, 3.8) is 0 Å². The van der Waals surface area contributed by atoms with E-state index in [1.165, 1.54) is 76.3 Å². The quantitative estimate of drug-likeness (QED) is 0.451. The summed E-state index contributed by atoms with van der Waals surface area (Å²) in [7, 11) is 0. The zero-order valence-corrected chi connectivity index (χ0v) is 17.1. The van der Waals surface area contributed by atoms with Gasteiger partial charge < -0.3 is 4.74 Å². The minimum absolute atomic E-state index is 0.126. The van der Waals surface area contributed by atoms with Gasteiger partial charge in [0.2, 0.25) is 0 Å². The number of alkyl halides is 3. The molecule has 4 heteroatoms. The first-order valence-electron chi connectivity index (χ1n) is 11.3. The van der Waals surface area contributed by atoms with Crippen molar-refractivity contribution in [3.8, 4) is 5.75 Å². The molecule has 2 fully saturated rings. The average Bonchev–Trinajstić information content (AvgIpc) is 2.68. The highest BCUT2D eigenvalue weighted by molar-refractivity contribution is 5.29. The molecule has 2 saturated carbocycles. The molecular formula is C24H35F3O. The predicted octanol–water partition coefficient (Wildman–Crippen LogP) is 8.25. The minimum Gasteiger partial charge on any atom is -0.406 e. The van der Waals surface area contributed by atoms with Gasteiger partial charge in [-0.2, -0.15) is 0 Å². The lowest BCUT2D eigenvalue weighted by Crippen LogP contribution is -2.18. The summed E-state index contributed by atoms with van der Waals surface area (Å²) in [4.78, 5) is 0. The maximum atomic E-state index is 12.3. The predicted molar refractivity (Wildman–Crippen MR) is 107 cm³/mol. The van der Waals surface area contributed by atoms with Gasteiger partial charge in [0.1, 0.15) is 5.75 Å². The summed E-state index contributed by atoms with van der Waals surface area (Å²) in [6.45, 7) is 2.30. The fourth-order valence-electron chi connectivity index (χ4n) is 5.41. The second-order valence-corrected chi connectivity index (χ2v) is 9.09. The maximum absolute atomic E-state index is 12.3. The molecule has 0 heterocycles. The highest BCUT2D eigenvalue weighted by Gasteiger charge is 2.31. The van der Waals surface area contributed by atoms with Gasteiger partial charge in [-0.3, -0.25) is 0 Å². The first-order valence-corrected chi connectivity index (χ1v) is 11.3. The van der Waals surface area contributed by atoms with Crippen LogP contribution in [0.4, 0.5) is 13.2 Å². The van der Waals surface area contributed by atoms with Gasteiger partial charge in [-0.15, -0.1) is 13.2 Å². The smallest absolute Gasteiger partial charge is 0.406 e. The van der Waals surface area contributed by atoms with Crippen LogP contribution in [0.1, 0.15) is 95.5 Å². The summed E-state index contributed by atoms with van der Waals surface area (Å²) >= 11 is 0. The third-order valence-corrected chi connectivity index (χ3v) is 7.08. The second kappa shape index (κ2) is 10.0. The van der Waals surface area contributed by atoms with Crippen LogP contribution >= 0.6 is 0 Å². The Morgan fingerprint density at radius 3 is 1.68 bits per heavy atom. The Kier molecular flexibility index (Phi) is 7.70. The molecule has 1 aromatic carbocycles. The number of benzene rings is 1. The van der Waals surface area contributed by atoms with E-state index in [2.05, 4.69) is 11.7 Å². The lowest BCUT2D eigenvalue weighted by Gasteiger charge is -2.32. The maximum Gasteiger partial charge on any atom is 0.573 e. The summed E-state index contributed by atoms with van der Waals surface area (Å²) in [6, 6.07) is 6.51. The number of halogens is 3. The van der Waals surface area contributed by atoms with E-state index >= 15 is 0 Å². The zero-order valence-electron chi connectivity index (χ0n) is 17.1. The van der Waals surface area contributed by atoms with E-state index in [1.807, 2.05) is 0 Å². The van der Waals surface area contributed by atoms with Crippen molar-refractivity contribution in [2.45, 2.75) is 96.3 Å². The standard InChI is InChI=1S/C24H35F3O/c1-2-3-18-4-6-19(7-5-18)8-9-20-10-12-21(13-11-20)22-14-16-23(17-15-22)28-24(25,26)27/h14-21H,2-13H2,1H3/t18-,19-,20-,21-. The summed E-state index contributed by atoms with van der Waals surface area (Å²) in [5, 5.41) is 0. The summed E-state index contributed by atoms with van der Waals surface area (Å²) in [5.41, 5.74) is 1.15. The van der Waals surface area contributed by atoms with E-state index in [0.29, 0.717) is 5.92 Å². The summed E-state index contributed by atoms with van der Waals surface area (Å²) < 4.78 is 40.8.